The number of halogens is 4. The second-order valence-electron chi connectivity index (χ2n) is 2.69. The van der Waals surface area contributed by atoms with Gasteiger partial charge in [-0.1, -0.05) is 22.0 Å². The highest BCUT2D eigenvalue weighted by Crippen LogP contribution is 2.37. The van der Waals surface area contributed by atoms with Crippen molar-refractivity contribution in [2.75, 3.05) is 0 Å². The van der Waals surface area contributed by atoms with Crippen LogP contribution in [0.3, 0.4) is 0 Å². The van der Waals surface area contributed by atoms with Crippen LogP contribution in [-0.2, 0) is 11.5 Å². The summed E-state index contributed by atoms with van der Waals surface area (Å²) in [4.78, 5) is 3.38. The molecule has 80 valence electrons. The zero-order valence-electron chi connectivity index (χ0n) is 7.31. The molecule has 1 aromatic carbocycles. The van der Waals surface area contributed by atoms with Crippen LogP contribution in [0.15, 0.2) is 23.2 Å². The van der Waals surface area contributed by atoms with Crippen LogP contribution in [0.2, 0.25) is 0 Å². The summed E-state index contributed by atoms with van der Waals surface area (Å²) in [5.74, 6) is 0. The van der Waals surface area contributed by atoms with E-state index in [0.717, 1.165) is 6.07 Å². The highest BCUT2D eigenvalue weighted by Gasteiger charge is 2.33. The van der Waals surface area contributed by atoms with Gasteiger partial charge in [0.2, 0.25) is 0 Å². The van der Waals surface area contributed by atoms with Gasteiger partial charge in [-0.3, -0.25) is 0 Å². The van der Waals surface area contributed by atoms with Gasteiger partial charge in [0, 0.05) is 5.33 Å². The lowest BCUT2D eigenvalue weighted by Crippen LogP contribution is -2.05. The number of thiocarbonyl (C=S) groups is 1. The Balaban J connectivity index is 3.35. The van der Waals surface area contributed by atoms with Crippen molar-refractivity contribution in [1.29, 1.82) is 0 Å². The lowest BCUT2D eigenvalue weighted by molar-refractivity contribution is -0.137. The van der Waals surface area contributed by atoms with Gasteiger partial charge >= 0.3 is 6.18 Å². The smallest absolute Gasteiger partial charge is 0.194 e. The first kappa shape index (κ1) is 12.4. The van der Waals surface area contributed by atoms with Crippen LogP contribution in [0.5, 0.6) is 0 Å². The van der Waals surface area contributed by atoms with E-state index >= 15 is 0 Å². The average molecular weight is 296 g/mol. The Morgan fingerprint density at radius 2 is 2.07 bits per heavy atom. The third-order valence-electron chi connectivity index (χ3n) is 1.69. The van der Waals surface area contributed by atoms with Crippen molar-refractivity contribution in [3.05, 3.63) is 29.3 Å². The van der Waals surface area contributed by atoms with Crippen LogP contribution in [0.25, 0.3) is 0 Å². The summed E-state index contributed by atoms with van der Waals surface area (Å²) in [6.45, 7) is 0. The monoisotopic (exact) mass is 295 g/mol. The molecule has 0 unspecified atom stereocenters. The second kappa shape index (κ2) is 4.88. The third kappa shape index (κ3) is 3.12. The largest absolute Gasteiger partial charge is 0.418 e. The molecule has 0 atom stereocenters. The van der Waals surface area contributed by atoms with Crippen molar-refractivity contribution in [1.82, 2.24) is 0 Å². The summed E-state index contributed by atoms with van der Waals surface area (Å²) in [6.07, 6.45) is -4.43. The Kier molecular flexibility index (Phi) is 4.02. The SMILES string of the molecule is FC(F)(F)c1cc(CBr)ccc1N=C=S. The molecule has 0 saturated carbocycles. The molecule has 0 spiro atoms. The molecule has 0 radical (unpaired) electrons. The molecule has 0 fully saturated rings. The van der Waals surface area contributed by atoms with Crippen molar-refractivity contribution in [2.24, 2.45) is 4.99 Å². The highest BCUT2D eigenvalue weighted by atomic mass is 79.9. The van der Waals surface area contributed by atoms with Gasteiger partial charge in [0.25, 0.3) is 0 Å². The average Bonchev–Trinajstić information content (AvgIpc) is 2.17. The number of alkyl halides is 4. The molecule has 0 saturated heterocycles. The number of rotatable bonds is 2. The molecule has 0 aromatic heterocycles. The van der Waals surface area contributed by atoms with Crippen molar-refractivity contribution < 1.29 is 13.2 Å². The fourth-order valence-corrected chi connectivity index (χ4v) is 1.49. The van der Waals surface area contributed by atoms with Crippen molar-refractivity contribution in [3.63, 3.8) is 0 Å². The van der Waals surface area contributed by atoms with E-state index in [-0.39, 0.29) is 5.69 Å². The maximum atomic E-state index is 12.6. The summed E-state index contributed by atoms with van der Waals surface area (Å²) in [5.41, 5.74) is -0.468. The van der Waals surface area contributed by atoms with E-state index in [1.54, 1.807) is 6.07 Å². The van der Waals surface area contributed by atoms with Gasteiger partial charge in [-0.15, -0.1) is 0 Å². The number of benzene rings is 1. The minimum Gasteiger partial charge on any atom is -0.194 e. The van der Waals surface area contributed by atoms with Crippen LogP contribution in [0.1, 0.15) is 11.1 Å². The van der Waals surface area contributed by atoms with Crippen LogP contribution in [0.4, 0.5) is 18.9 Å². The van der Waals surface area contributed by atoms with Gasteiger partial charge in [0.15, 0.2) is 0 Å². The summed E-state index contributed by atoms with van der Waals surface area (Å²) < 4.78 is 37.7. The van der Waals surface area contributed by atoms with E-state index in [2.05, 4.69) is 33.1 Å². The zero-order chi connectivity index (χ0) is 11.5. The van der Waals surface area contributed by atoms with Gasteiger partial charge < -0.3 is 0 Å². The molecule has 0 aliphatic carbocycles. The first-order chi connectivity index (χ1) is 6.99. The molecule has 0 N–H and O–H groups in total. The Labute approximate surface area is 98.1 Å². The van der Waals surface area contributed by atoms with Gasteiger partial charge in [-0.25, -0.2) is 0 Å². The van der Waals surface area contributed by atoms with Gasteiger partial charge in [-0.05, 0) is 29.9 Å². The molecule has 0 amide bonds. The van der Waals surface area contributed by atoms with Crippen molar-refractivity contribution in [2.45, 2.75) is 11.5 Å². The zero-order valence-corrected chi connectivity index (χ0v) is 9.71. The summed E-state index contributed by atoms with van der Waals surface area (Å²) in [5, 5.41) is 2.29. The van der Waals surface area contributed by atoms with E-state index < -0.39 is 11.7 Å². The quantitative estimate of drug-likeness (QED) is 0.449. The second-order valence-corrected chi connectivity index (χ2v) is 3.43. The molecule has 6 heteroatoms. The molecular weight excluding hydrogens is 291 g/mol. The number of nitrogens with zero attached hydrogens (tertiary/aromatic N) is 1. The first-order valence-electron chi connectivity index (χ1n) is 3.83. The van der Waals surface area contributed by atoms with Gasteiger partial charge in [0.05, 0.1) is 16.4 Å². The third-order valence-corrected chi connectivity index (χ3v) is 2.43. The van der Waals surface area contributed by atoms with E-state index in [4.69, 9.17) is 0 Å². The fourth-order valence-electron chi connectivity index (χ4n) is 1.04. The van der Waals surface area contributed by atoms with E-state index in [0.29, 0.717) is 10.9 Å². The maximum absolute atomic E-state index is 12.6. The van der Waals surface area contributed by atoms with Gasteiger partial charge in [0.1, 0.15) is 0 Å². The number of hydrogen-bond acceptors (Lipinski definition) is 2. The maximum Gasteiger partial charge on any atom is 0.418 e. The Hall–Kier alpha value is -0.710. The Bertz CT molecular complexity index is 410. The topological polar surface area (TPSA) is 12.4 Å². The molecule has 0 heterocycles. The van der Waals surface area contributed by atoms with Crippen molar-refractivity contribution in [3.8, 4) is 0 Å². The molecule has 0 aliphatic rings. The Morgan fingerprint density at radius 3 is 2.53 bits per heavy atom. The van der Waals surface area contributed by atoms with Crippen LogP contribution >= 0.6 is 28.1 Å². The summed E-state index contributed by atoms with van der Waals surface area (Å²) >= 11 is 7.37. The van der Waals surface area contributed by atoms with Crippen LogP contribution in [0, 0.1) is 0 Å². The molecule has 1 rings (SSSR count). The standard InChI is InChI=1S/C9H5BrF3NS/c10-4-6-1-2-8(14-5-15)7(3-6)9(11,12)13/h1-3H,4H2. The van der Waals surface area contributed by atoms with Crippen LogP contribution in [-0.4, -0.2) is 5.16 Å². The van der Waals surface area contributed by atoms with E-state index in [1.165, 1.54) is 6.07 Å². The molecular formula is C9H5BrF3NS. The number of hydrogen-bond donors (Lipinski definition) is 0. The Morgan fingerprint density at radius 1 is 1.40 bits per heavy atom. The van der Waals surface area contributed by atoms with Gasteiger partial charge in [-0.2, -0.15) is 18.2 Å². The summed E-state index contributed by atoms with van der Waals surface area (Å²) in [6, 6.07) is 3.87. The number of isothiocyanates is 1. The predicted molar refractivity (Wildman–Crippen MR) is 58.8 cm³/mol. The normalized spacial score (nSPS) is 10.9. The molecule has 15 heavy (non-hydrogen) atoms. The van der Waals surface area contributed by atoms with Crippen LogP contribution < -0.4 is 0 Å². The first-order valence-corrected chi connectivity index (χ1v) is 5.36. The fraction of sp³-hybridized carbons (Fsp3) is 0.222. The molecule has 0 aliphatic heterocycles. The molecule has 1 aromatic rings. The van der Waals surface area contributed by atoms with Crippen molar-refractivity contribution >= 4 is 39.0 Å². The van der Waals surface area contributed by atoms with E-state index in [9.17, 15) is 13.2 Å². The predicted octanol–water partition coefficient (Wildman–Crippen LogP) is 4.33. The number of aliphatic imine (C=N–C) groups is 1. The minimum absolute atomic E-state index is 0.206. The lowest BCUT2D eigenvalue weighted by atomic mass is 10.1. The summed E-state index contributed by atoms with van der Waals surface area (Å²) in [7, 11) is 0. The molecule has 0 bridgehead atoms. The lowest BCUT2D eigenvalue weighted by Gasteiger charge is -2.10. The highest BCUT2D eigenvalue weighted by molar-refractivity contribution is 9.08. The molecule has 1 nitrogen and oxygen atoms in total. The minimum atomic E-state index is -4.43. The van der Waals surface area contributed by atoms with E-state index in [1.807, 2.05) is 5.16 Å².